The molecule has 0 spiro atoms. The second-order valence-electron chi connectivity index (χ2n) is 12.1. The third-order valence-corrected chi connectivity index (χ3v) is 10.5. The van der Waals surface area contributed by atoms with Crippen LogP contribution >= 0.6 is 0 Å². The van der Waals surface area contributed by atoms with Crippen LogP contribution in [0, 0.1) is 23.7 Å². The molecule has 4 atom stereocenters. The van der Waals surface area contributed by atoms with Crippen LogP contribution in [0.1, 0.15) is 105 Å². The van der Waals surface area contributed by atoms with Crippen molar-refractivity contribution in [1.82, 2.24) is 9.80 Å². The van der Waals surface area contributed by atoms with E-state index in [1.165, 1.54) is 99.6 Å². The lowest BCUT2D eigenvalue weighted by atomic mass is 9.57. The van der Waals surface area contributed by atoms with Gasteiger partial charge < -0.3 is 20.0 Å². The molecule has 0 radical (unpaired) electrons. The van der Waals surface area contributed by atoms with E-state index in [0.717, 1.165) is 13.1 Å². The Morgan fingerprint density at radius 2 is 1.03 bits per heavy atom. The van der Waals surface area contributed by atoms with Crippen molar-refractivity contribution in [3.05, 3.63) is 22.5 Å². The number of unbranched alkanes of at least 4 members (excludes halogenated alkanes) is 2. The van der Waals surface area contributed by atoms with Crippen LogP contribution in [0.2, 0.25) is 0 Å². The molecule has 0 amide bonds. The van der Waals surface area contributed by atoms with Gasteiger partial charge in [-0.25, -0.2) is 0 Å². The lowest BCUT2D eigenvalue weighted by Gasteiger charge is -2.51. The lowest BCUT2D eigenvalue weighted by molar-refractivity contribution is -0.126. The van der Waals surface area contributed by atoms with Gasteiger partial charge in [-0.3, -0.25) is 0 Å². The Kier molecular flexibility index (Phi) is 7.38. The quantitative estimate of drug-likeness (QED) is 0.467. The third-order valence-electron chi connectivity index (χ3n) is 10.5. The highest BCUT2D eigenvalue weighted by Crippen LogP contribution is 2.57. The number of hydrogen-bond acceptors (Lipinski definition) is 4. The molecule has 2 heterocycles. The molecule has 4 heteroatoms. The molecule has 4 nitrogen and oxygen atoms in total. The molecule has 3 fully saturated rings. The van der Waals surface area contributed by atoms with Gasteiger partial charge in [0, 0.05) is 60.2 Å². The van der Waals surface area contributed by atoms with Gasteiger partial charge in [0.1, 0.15) is 0 Å². The zero-order chi connectivity index (χ0) is 24.0. The Morgan fingerprint density at radius 3 is 1.41 bits per heavy atom. The molecule has 0 aromatic carbocycles. The van der Waals surface area contributed by atoms with Crippen molar-refractivity contribution in [2.75, 3.05) is 13.1 Å². The summed E-state index contributed by atoms with van der Waals surface area (Å²) < 4.78 is 0. The number of allylic oxidation sites excluding steroid dienone is 2. The zero-order valence-corrected chi connectivity index (χ0v) is 22.3. The number of hydrogen-bond donors (Lipinski definition) is 2. The van der Waals surface area contributed by atoms with Crippen molar-refractivity contribution in [1.29, 1.82) is 0 Å². The fraction of sp³-hybridized carbons (Fsp3) is 0.867. The van der Waals surface area contributed by atoms with E-state index >= 15 is 0 Å². The molecule has 2 N–H and O–H groups in total. The minimum Gasteiger partial charge on any atom is -0.392 e. The molecule has 192 valence electrons. The molecule has 0 aromatic rings. The maximum absolute atomic E-state index is 11.7. The average Bonchev–Trinajstić information content (AvgIpc) is 3.27. The summed E-state index contributed by atoms with van der Waals surface area (Å²) in [5.41, 5.74) is 5.64. The van der Waals surface area contributed by atoms with E-state index in [9.17, 15) is 10.2 Å². The van der Waals surface area contributed by atoms with Crippen LogP contribution in [-0.4, -0.2) is 57.4 Å². The standard InChI is InChI=1S/C30H50N2O2/c1-5-7-17-31-19(3)25(21-13-9-11-15-23(21)31)27-29(33)28(30(27)34)26-20(4)32(18-8-6-2)24-16-12-10-14-22(24)26/h21-24,27-30,33-34H,5-18H2,1-4H3. The smallest absolute Gasteiger partial charge is 0.0722 e. The van der Waals surface area contributed by atoms with E-state index < -0.39 is 12.2 Å². The van der Waals surface area contributed by atoms with Crippen molar-refractivity contribution in [3.8, 4) is 0 Å². The Labute approximate surface area is 208 Å². The van der Waals surface area contributed by atoms with Crippen LogP contribution in [0.15, 0.2) is 22.5 Å². The fourth-order valence-electron chi connectivity index (χ4n) is 8.80. The van der Waals surface area contributed by atoms with E-state index in [4.69, 9.17) is 0 Å². The summed E-state index contributed by atoms with van der Waals surface area (Å²) in [6.45, 7) is 11.4. The minimum atomic E-state index is -0.424. The Hall–Kier alpha value is -1.00. The summed E-state index contributed by atoms with van der Waals surface area (Å²) in [4.78, 5) is 5.33. The van der Waals surface area contributed by atoms with Crippen molar-refractivity contribution in [2.45, 2.75) is 129 Å². The normalized spacial score (nSPS) is 40.1. The number of nitrogens with zero attached hydrogens (tertiary/aromatic N) is 2. The summed E-state index contributed by atoms with van der Waals surface area (Å²) >= 11 is 0. The van der Waals surface area contributed by atoms with Gasteiger partial charge in [-0.15, -0.1) is 0 Å². The summed E-state index contributed by atoms with van der Waals surface area (Å²) in [5.74, 6) is 0.967. The van der Waals surface area contributed by atoms with Crippen LogP contribution in [0.3, 0.4) is 0 Å². The highest BCUT2D eigenvalue weighted by Gasteiger charge is 2.59. The number of fused-ring (bicyclic) bond motifs is 2. The maximum Gasteiger partial charge on any atom is 0.0722 e. The predicted molar refractivity (Wildman–Crippen MR) is 139 cm³/mol. The van der Waals surface area contributed by atoms with Crippen molar-refractivity contribution >= 4 is 0 Å². The van der Waals surface area contributed by atoms with E-state index in [1.807, 2.05) is 0 Å². The van der Waals surface area contributed by atoms with E-state index in [2.05, 4.69) is 37.5 Å². The van der Waals surface area contributed by atoms with Crippen molar-refractivity contribution in [3.63, 3.8) is 0 Å². The molecule has 5 rings (SSSR count). The van der Waals surface area contributed by atoms with Crippen molar-refractivity contribution < 1.29 is 10.2 Å². The third kappa shape index (κ3) is 3.86. The first-order valence-electron chi connectivity index (χ1n) is 14.8. The molecule has 4 unspecified atom stereocenters. The van der Waals surface area contributed by atoms with Gasteiger partial charge in [0.05, 0.1) is 12.2 Å². The average molecular weight is 471 g/mol. The van der Waals surface area contributed by atoms with Crippen LogP contribution < -0.4 is 0 Å². The summed E-state index contributed by atoms with van der Waals surface area (Å²) in [7, 11) is 0. The zero-order valence-electron chi connectivity index (χ0n) is 22.3. The second kappa shape index (κ2) is 10.2. The molecule has 3 saturated carbocycles. The Bertz CT molecular complexity index is 730. The first-order chi connectivity index (χ1) is 16.5. The largest absolute Gasteiger partial charge is 0.392 e. The molecule has 3 aliphatic carbocycles. The summed E-state index contributed by atoms with van der Waals surface area (Å²) in [5, 5.41) is 23.5. The van der Waals surface area contributed by atoms with Gasteiger partial charge in [-0.05, 0) is 63.5 Å². The summed E-state index contributed by atoms with van der Waals surface area (Å²) in [6.07, 6.45) is 14.3. The highest BCUT2D eigenvalue weighted by molar-refractivity contribution is 5.38. The molecule has 0 aromatic heterocycles. The predicted octanol–water partition coefficient (Wildman–Crippen LogP) is 5.85. The van der Waals surface area contributed by atoms with Gasteiger partial charge >= 0.3 is 0 Å². The molecule has 34 heavy (non-hydrogen) atoms. The topological polar surface area (TPSA) is 46.9 Å². The van der Waals surface area contributed by atoms with E-state index in [1.54, 1.807) is 0 Å². The van der Waals surface area contributed by atoms with Gasteiger partial charge in [-0.2, -0.15) is 0 Å². The first kappa shape index (κ1) is 24.7. The van der Waals surface area contributed by atoms with Gasteiger partial charge in [-0.1, -0.05) is 52.4 Å². The lowest BCUT2D eigenvalue weighted by Crippen LogP contribution is -2.58. The van der Waals surface area contributed by atoms with Gasteiger partial charge in [0.25, 0.3) is 0 Å². The van der Waals surface area contributed by atoms with Crippen molar-refractivity contribution in [2.24, 2.45) is 23.7 Å². The van der Waals surface area contributed by atoms with Crippen LogP contribution in [0.5, 0.6) is 0 Å². The van der Waals surface area contributed by atoms with Crippen LogP contribution in [0.25, 0.3) is 0 Å². The SMILES string of the molecule is CCCCN1C(C)=C(C2C(O)C(C3=C(C)N(CCCC)C4CCCCC34)C2O)C2CCCCC21. The molecular formula is C30H50N2O2. The minimum absolute atomic E-state index is 0.0609. The van der Waals surface area contributed by atoms with Crippen LogP contribution in [-0.2, 0) is 0 Å². The highest BCUT2D eigenvalue weighted by atomic mass is 16.3. The van der Waals surface area contributed by atoms with E-state index in [0.29, 0.717) is 23.9 Å². The number of aliphatic hydroxyl groups excluding tert-OH is 2. The monoisotopic (exact) mass is 470 g/mol. The molecule has 2 aliphatic heterocycles. The van der Waals surface area contributed by atoms with Gasteiger partial charge in [0.2, 0.25) is 0 Å². The number of rotatable bonds is 8. The number of aliphatic hydroxyl groups is 2. The van der Waals surface area contributed by atoms with E-state index in [-0.39, 0.29) is 11.8 Å². The fourth-order valence-corrected chi connectivity index (χ4v) is 8.80. The van der Waals surface area contributed by atoms with Gasteiger partial charge in [0.15, 0.2) is 0 Å². The summed E-state index contributed by atoms with van der Waals surface area (Å²) in [6, 6.07) is 1.21. The molecule has 0 saturated heterocycles. The molecular weight excluding hydrogens is 420 g/mol. The molecule has 5 aliphatic rings. The molecule has 0 bridgehead atoms. The first-order valence-corrected chi connectivity index (χ1v) is 14.8. The Morgan fingerprint density at radius 1 is 0.647 bits per heavy atom. The van der Waals surface area contributed by atoms with Crippen LogP contribution in [0.4, 0.5) is 0 Å². The second-order valence-corrected chi connectivity index (χ2v) is 12.1. The maximum atomic E-state index is 11.7. The Balaban J connectivity index is 1.41.